The topological polar surface area (TPSA) is 61.0 Å². The van der Waals surface area contributed by atoms with Crippen molar-refractivity contribution < 1.29 is 4.74 Å². The second kappa shape index (κ2) is 5.84. The molecule has 1 aromatic heterocycles. The number of anilines is 1. The fraction of sp³-hybridized carbons (Fsp3) is 0.167. The van der Waals surface area contributed by atoms with Crippen molar-refractivity contribution in [1.29, 1.82) is 0 Å². The van der Waals surface area contributed by atoms with Gasteiger partial charge in [-0.05, 0) is 24.6 Å². The van der Waals surface area contributed by atoms with Gasteiger partial charge < -0.3 is 10.5 Å². The number of nitrogens with two attached hydrogens (primary N) is 1. The first kappa shape index (κ1) is 12.9. The highest BCUT2D eigenvalue weighted by atomic mass is 35.5. The maximum absolute atomic E-state index is 6.10. The van der Waals surface area contributed by atoms with Crippen LogP contribution in [0.1, 0.15) is 17.5 Å². The normalized spacial score (nSPS) is 11.6. The quantitative estimate of drug-likeness (QED) is 0.874. The second-order valence-corrected chi connectivity index (χ2v) is 4.82. The van der Waals surface area contributed by atoms with E-state index >= 15 is 0 Å². The van der Waals surface area contributed by atoms with Crippen molar-refractivity contribution in [3.63, 3.8) is 0 Å². The Morgan fingerprint density at radius 3 is 2.83 bits per heavy atom. The first-order chi connectivity index (χ1) is 8.70. The first-order valence-corrected chi connectivity index (χ1v) is 6.58. The molecule has 0 radical (unpaired) electrons. The molecule has 0 bridgehead atoms. The summed E-state index contributed by atoms with van der Waals surface area (Å²) in [5, 5.41) is 9.46. The number of halogens is 1. The van der Waals surface area contributed by atoms with Crippen molar-refractivity contribution in [2.45, 2.75) is 6.92 Å². The molecule has 0 fully saturated rings. The summed E-state index contributed by atoms with van der Waals surface area (Å²) >= 11 is 7.38. The van der Waals surface area contributed by atoms with Crippen molar-refractivity contribution >= 4 is 39.9 Å². The number of benzene rings is 1. The molecule has 0 unspecified atom stereocenters. The smallest absolute Gasteiger partial charge is 0.203 e. The van der Waals surface area contributed by atoms with Crippen LogP contribution in [0.4, 0.5) is 5.13 Å². The van der Waals surface area contributed by atoms with Gasteiger partial charge in [0.2, 0.25) is 5.13 Å². The van der Waals surface area contributed by atoms with E-state index in [2.05, 4.69) is 10.2 Å². The van der Waals surface area contributed by atoms with E-state index in [1.165, 1.54) is 11.3 Å². The van der Waals surface area contributed by atoms with E-state index in [1.54, 1.807) is 0 Å². The van der Waals surface area contributed by atoms with Crippen LogP contribution >= 0.6 is 22.9 Å². The minimum atomic E-state index is 0.412. The highest BCUT2D eigenvalue weighted by Crippen LogP contribution is 2.26. The van der Waals surface area contributed by atoms with Gasteiger partial charge in [0, 0.05) is 5.02 Å². The molecule has 2 N–H and O–H groups in total. The number of hydrogen-bond donors (Lipinski definition) is 1. The summed E-state index contributed by atoms with van der Waals surface area (Å²) in [5.74, 6) is 0.625. The Hall–Kier alpha value is -1.59. The lowest BCUT2D eigenvalue weighted by atomic mass is 10.2. The number of rotatable bonds is 4. The Bertz CT molecular complexity index is 568. The van der Waals surface area contributed by atoms with Crippen LogP contribution in [-0.2, 0) is 4.74 Å². The van der Waals surface area contributed by atoms with Crippen LogP contribution in [0.25, 0.3) is 11.8 Å². The van der Waals surface area contributed by atoms with Crippen molar-refractivity contribution in [2.75, 3.05) is 12.3 Å². The number of aromatic nitrogens is 2. The summed E-state index contributed by atoms with van der Waals surface area (Å²) in [6, 6.07) is 7.52. The molecule has 1 heterocycles. The molecule has 0 spiro atoms. The van der Waals surface area contributed by atoms with E-state index in [0.29, 0.717) is 27.5 Å². The summed E-state index contributed by atoms with van der Waals surface area (Å²) in [5.41, 5.74) is 6.44. The monoisotopic (exact) mass is 281 g/mol. The fourth-order valence-corrected chi connectivity index (χ4v) is 2.16. The Kier molecular flexibility index (Phi) is 4.17. The first-order valence-electron chi connectivity index (χ1n) is 5.39. The van der Waals surface area contributed by atoms with Gasteiger partial charge in [-0.2, -0.15) is 0 Å². The van der Waals surface area contributed by atoms with Gasteiger partial charge in [0.05, 0.1) is 6.61 Å². The lowest BCUT2D eigenvalue weighted by Crippen LogP contribution is -1.91. The SMILES string of the molecule is CCO/C(=C\c1ccccc1Cl)c1nnc(N)s1. The maximum atomic E-state index is 6.10. The number of nitrogens with zero attached hydrogens (tertiary/aromatic N) is 2. The highest BCUT2D eigenvalue weighted by molar-refractivity contribution is 7.16. The molecule has 2 aromatic rings. The zero-order valence-corrected chi connectivity index (χ0v) is 11.3. The third kappa shape index (κ3) is 3.00. The Morgan fingerprint density at radius 1 is 1.44 bits per heavy atom. The third-order valence-corrected chi connectivity index (χ3v) is 3.25. The van der Waals surface area contributed by atoms with E-state index in [0.717, 1.165) is 5.56 Å². The van der Waals surface area contributed by atoms with Crippen LogP contribution in [0.15, 0.2) is 24.3 Å². The summed E-state index contributed by atoms with van der Waals surface area (Å²) in [7, 11) is 0. The Balaban J connectivity index is 2.39. The zero-order valence-electron chi connectivity index (χ0n) is 9.76. The van der Waals surface area contributed by atoms with Crippen LogP contribution in [0.2, 0.25) is 5.02 Å². The predicted octanol–water partition coefficient (Wildman–Crippen LogP) is 3.31. The summed E-state index contributed by atoms with van der Waals surface area (Å²) in [6.45, 7) is 2.45. The van der Waals surface area contributed by atoms with E-state index in [1.807, 2.05) is 37.3 Å². The lowest BCUT2D eigenvalue weighted by molar-refractivity contribution is 0.300. The molecule has 0 aliphatic carbocycles. The second-order valence-electron chi connectivity index (χ2n) is 3.41. The number of nitrogen functional groups attached to an aromatic ring is 1. The zero-order chi connectivity index (χ0) is 13.0. The molecule has 0 aliphatic heterocycles. The maximum Gasteiger partial charge on any atom is 0.203 e. The molecule has 2 rings (SSSR count). The largest absolute Gasteiger partial charge is 0.491 e. The van der Waals surface area contributed by atoms with Gasteiger partial charge in [0.25, 0.3) is 0 Å². The average molecular weight is 282 g/mol. The molecule has 1 aromatic carbocycles. The van der Waals surface area contributed by atoms with Crippen molar-refractivity contribution in [2.24, 2.45) is 0 Å². The molecule has 18 heavy (non-hydrogen) atoms. The molecule has 94 valence electrons. The lowest BCUT2D eigenvalue weighted by Gasteiger charge is -2.05. The Labute approximate surface area is 114 Å². The van der Waals surface area contributed by atoms with E-state index < -0.39 is 0 Å². The summed E-state index contributed by atoms with van der Waals surface area (Å²) < 4.78 is 5.56. The number of hydrogen-bond acceptors (Lipinski definition) is 5. The van der Waals surface area contributed by atoms with Crippen molar-refractivity contribution in [1.82, 2.24) is 10.2 Å². The van der Waals surface area contributed by atoms with Gasteiger partial charge in [0.1, 0.15) is 0 Å². The van der Waals surface area contributed by atoms with E-state index in [-0.39, 0.29) is 0 Å². The highest BCUT2D eigenvalue weighted by Gasteiger charge is 2.10. The van der Waals surface area contributed by atoms with Gasteiger partial charge in [-0.1, -0.05) is 41.1 Å². The molecule has 0 aliphatic rings. The van der Waals surface area contributed by atoms with Crippen LogP contribution in [-0.4, -0.2) is 16.8 Å². The minimum Gasteiger partial charge on any atom is -0.491 e. The average Bonchev–Trinajstić information content (AvgIpc) is 2.78. The summed E-state index contributed by atoms with van der Waals surface area (Å²) in [6.07, 6.45) is 1.84. The molecule has 0 saturated carbocycles. The van der Waals surface area contributed by atoms with E-state index in [9.17, 15) is 0 Å². The van der Waals surface area contributed by atoms with Gasteiger partial charge >= 0.3 is 0 Å². The van der Waals surface area contributed by atoms with Crippen LogP contribution in [0.5, 0.6) is 0 Å². The van der Waals surface area contributed by atoms with Gasteiger partial charge in [-0.3, -0.25) is 0 Å². The standard InChI is InChI=1S/C12H12ClN3OS/c1-2-17-10(11-15-16-12(14)18-11)7-8-5-3-4-6-9(8)13/h3-7H,2H2,1H3,(H2,14,16)/b10-7-. The van der Waals surface area contributed by atoms with Gasteiger partial charge in [-0.25, -0.2) is 0 Å². The number of ether oxygens (including phenoxy) is 1. The van der Waals surface area contributed by atoms with Gasteiger partial charge in [0.15, 0.2) is 10.8 Å². The van der Waals surface area contributed by atoms with Crippen LogP contribution in [0, 0.1) is 0 Å². The van der Waals surface area contributed by atoms with Crippen LogP contribution < -0.4 is 5.73 Å². The summed E-state index contributed by atoms with van der Waals surface area (Å²) in [4.78, 5) is 0. The molecule has 0 saturated heterocycles. The van der Waals surface area contributed by atoms with E-state index in [4.69, 9.17) is 22.1 Å². The van der Waals surface area contributed by atoms with Crippen molar-refractivity contribution in [3.8, 4) is 0 Å². The fourth-order valence-electron chi connectivity index (χ4n) is 1.39. The molecular formula is C12H12ClN3OS. The molecule has 0 amide bonds. The molecule has 0 atom stereocenters. The Morgan fingerprint density at radius 2 is 2.22 bits per heavy atom. The van der Waals surface area contributed by atoms with Crippen molar-refractivity contribution in [3.05, 3.63) is 39.9 Å². The van der Waals surface area contributed by atoms with Gasteiger partial charge in [-0.15, -0.1) is 10.2 Å². The third-order valence-electron chi connectivity index (χ3n) is 2.14. The molecular weight excluding hydrogens is 270 g/mol. The molecule has 6 heteroatoms. The predicted molar refractivity (Wildman–Crippen MR) is 75.3 cm³/mol. The van der Waals surface area contributed by atoms with Crippen LogP contribution in [0.3, 0.4) is 0 Å². The minimum absolute atomic E-state index is 0.412. The molecule has 4 nitrogen and oxygen atoms in total.